The summed E-state index contributed by atoms with van der Waals surface area (Å²) in [6.45, 7) is 0.0965. The molecular formula is C14H10N6O2S. The quantitative estimate of drug-likeness (QED) is 0.565. The third-order valence-electron chi connectivity index (χ3n) is 3.17. The van der Waals surface area contributed by atoms with E-state index in [1.54, 1.807) is 23.5 Å². The Labute approximate surface area is 133 Å². The molecule has 4 rings (SSSR count). The van der Waals surface area contributed by atoms with E-state index in [1.807, 2.05) is 35.0 Å². The van der Waals surface area contributed by atoms with Gasteiger partial charge >= 0.3 is 5.69 Å². The van der Waals surface area contributed by atoms with Crippen LogP contribution < -0.4 is 5.69 Å². The summed E-state index contributed by atoms with van der Waals surface area (Å²) in [6, 6.07) is 11.0. The Bertz CT molecular complexity index is 970. The number of para-hydroxylation sites is 1. The van der Waals surface area contributed by atoms with Gasteiger partial charge in [-0.1, -0.05) is 23.4 Å². The molecule has 0 aliphatic heterocycles. The van der Waals surface area contributed by atoms with E-state index in [1.165, 1.54) is 9.36 Å². The monoisotopic (exact) mass is 326 g/mol. The average Bonchev–Trinajstić information content (AvgIpc) is 3.31. The molecule has 4 aromatic rings. The molecule has 3 aromatic heterocycles. The van der Waals surface area contributed by atoms with E-state index < -0.39 is 0 Å². The first-order chi connectivity index (χ1) is 11.3. The van der Waals surface area contributed by atoms with Gasteiger partial charge in [0.25, 0.3) is 5.89 Å². The van der Waals surface area contributed by atoms with Gasteiger partial charge in [0, 0.05) is 5.38 Å². The molecule has 3 heterocycles. The summed E-state index contributed by atoms with van der Waals surface area (Å²) in [5.74, 6) is 0.790. The molecule has 23 heavy (non-hydrogen) atoms. The maximum absolute atomic E-state index is 12.3. The molecule has 1 aromatic carbocycles. The van der Waals surface area contributed by atoms with Gasteiger partial charge < -0.3 is 4.52 Å². The third kappa shape index (κ3) is 2.57. The highest BCUT2D eigenvalue weighted by atomic mass is 32.1. The van der Waals surface area contributed by atoms with Crippen molar-refractivity contribution in [1.29, 1.82) is 0 Å². The second-order valence-electron chi connectivity index (χ2n) is 4.69. The summed E-state index contributed by atoms with van der Waals surface area (Å²) < 4.78 is 7.60. The number of tetrazole rings is 1. The highest BCUT2D eigenvalue weighted by Crippen LogP contribution is 2.19. The second kappa shape index (κ2) is 5.61. The zero-order valence-corrected chi connectivity index (χ0v) is 12.6. The minimum absolute atomic E-state index is 0.0965. The maximum Gasteiger partial charge on any atom is 0.368 e. The minimum Gasteiger partial charge on any atom is -0.334 e. The second-order valence-corrected chi connectivity index (χ2v) is 5.47. The molecule has 9 heteroatoms. The predicted molar refractivity (Wildman–Crippen MR) is 82.3 cm³/mol. The summed E-state index contributed by atoms with van der Waals surface area (Å²) in [5.41, 5.74) is 1.14. The molecule has 0 amide bonds. The number of nitrogens with zero attached hydrogens (tertiary/aromatic N) is 6. The van der Waals surface area contributed by atoms with E-state index in [2.05, 4.69) is 20.6 Å². The number of aromatic nitrogens is 6. The number of hydrogen-bond donors (Lipinski definition) is 0. The van der Waals surface area contributed by atoms with Crippen LogP contribution >= 0.6 is 11.3 Å². The molecule has 8 nitrogen and oxygen atoms in total. The smallest absolute Gasteiger partial charge is 0.334 e. The molecule has 0 atom stereocenters. The third-order valence-corrected chi connectivity index (χ3v) is 3.85. The van der Waals surface area contributed by atoms with Gasteiger partial charge in [-0.25, -0.2) is 4.79 Å². The molecule has 114 valence electrons. The lowest BCUT2D eigenvalue weighted by Gasteiger charge is -1.96. The SMILES string of the molecule is O=c1n(Cc2noc(-c3ccsc3)n2)nnn1-c1ccccc1. The normalized spacial score (nSPS) is 11.0. The number of hydrogen-bond acceptors (Lipinski definition) is 7. The predicted octanol–water partition coefficient (Wildman–Crippen LogP) is 1.59. The summed E-state index contributed by atoms with van der Waals surface area (Å²) in [6.07, 6.45) is 0. The fourth-order valence-electron chi connectivity index (χ4n) is 2.06. The van der Waals surface area contributed by atoms with Crippen LogP contribution in [0, 0.1) is 0 Å². The Balaban J connectivity index is 1.61. The lowest BCUT2D eigenvalue weighted by molar-refractivity contribution is 0.418. The van der Waals surface area contributed by atoms with E-state index >= 15 is 0 Å². The van der Waals surface area contributed by atoms with E-state index in [9.17, 15) is 4.79 Å². The molecule has 0 aliphatic rings. The minimum atomic E-state index is -0.363. The molecular weight excluding hydrogens is 316 g/mol. The van der Waals surface area contributed by atoms with Crippen molar-refractivity contribution in [2.75, 3.05) is 0 Å². The van der Waals surface area contributed by atoms with E-state index in [0.717, 1.165) is 5.56 Å². The molecule has 0 radical (unpaired) electrons. The van der Waals surface area contributed by atoms with Crippen LogP contribution in [0.5, 0.6) is 0 Å². The molecule has 0 unspecified atom stereocenters. The topological polar surface area (TPSA) is 91.6 Å². The number of rotatable bonds is 4. The standard InChI is InChI=1S/C14H10N6O2S/c21-14-19(17-18-20(14)11-4-2-1-3-5-11)8-12-15-13(22-16-12)10-6-7-23-9-10/h1-7,9H,8H2. The largest absolute Gasteiger partial charge is 0.368 e. The Kier molecular flexibility index (Phi) is 3.31. The summed E-state index contributed by atoms with van der Waals surface area (Å²) in [7, 11) is 0. The fourth-order valence-corrected chi connectivity index (χ4v) is 2.69. The van der Waals surface area contributed by atoms with Crippen LogP contribution in [-0.2, 0) is 6.54 Å². The summed E-state index contributed by atoms with van der Waals surface area (Å²) in [4.78, 5) is 16.6. The van der Waals surface area contributed by atoms with Crippen molar-refractivity contribution >= 4 is 11.3 Å². The Hall–Kier alpha value is -3.07. The van der Waals surface area contributed by atoms with E-state index in [0.29, 0.717) is 17.4 Å². The molecule has 0 aliphatic carbocycles. The van der Waals surface area contributed by atoms with Crippen molar-refractivity contribution in [3.8, 4) is 17.1 Å². The van der Waals surface area contributed by atoms with Gasteiger partial charge in [-0.15, -0.1) is 0 Å². The van der Waals surface area contributed by atoms with Crippen LogP contribution in [0.2, 0.25) is 0 Å². The lowest BCUT2D eigenvalue weighted by atomic mass is 10.3. The van der Waals surface area contributed by atoms with Crippen LogP contribution in [-0.4, -0.2) is 29.9 Å². The van der Waals surface area contributed by atoms with Crippen molar-refractivity contribution in [3.05, 3.63) is 63.5 Å². The summed E-state index contributed by atoms with van der Waals surface area (Å²) in [5, 5.41) is 15.4. The Morgan fingerprint density at radius 1 is 1.13 bits per heavy atom. The van der Waals surface area contributed by atoms with Gasteiger partial charge in [0.15, 0.2) is 5.82 Å². The molecule has 0 fully saturated rings. The van der Waals surface area contributed by atoms with Crippen LogP contribution in [0.1, 0.15) is 5.82 Å². The van der Waals surface area contributed by atoms with E-state index in [4.69, 9.17) is 4.52 Å². The van der Waals surface area contributed by atoms with Gasteiger partial charge in [-0.3, -0.25) is 0 Å². The highest BCUT2D eigenvalue weighted by Gasteiger charge is 2.13. The zero-order chi connectivity index (χ0) is 15.6. The Morgan fingerprint density at radius 3 is 2.78 bits per heavy atom. The summed E-state index contributed by atoms with van der Waals surface area (Å²) >= 11 is 1.54. The molecule has 0 saturated carbocycles. The average molecular weight is 326 g/mol. The van der Waals surface area contributed by atoms with Gasteiger partial charge in [0.05, 0.1) is 11.3 Å². The maximum atomic E-state index is 12.3. The highest BCUT2D eigenvalue weighted by molar-refractivity contribution is 7.08. The van der Waals surface area contributed by atoms with Crippen molar-refractivity contribution in [3.63, 3.8) is 0 Å². The van der Waals surface area contributed by atoms with Gasteiger partial charge in [0.1, 0.15) is 6.54 Å². The zero-order valence-electron chi connectivity index (χ0n) is 11.7. The first-order valence-electron chi connectivity index (χ1n) is 6.75. The fraction of sp³-hybridized carbons (Fsp3) is 0.0714. The van der Waals surface area contributed by atoms with Gasteiger partial charge in [0.2, 0.25) is 0 Å². The van der Waals surface area contributed by atoms with Crippen LogP contribution in [0.4, 0.5) is 0 Å². The molecule has 0 N–H and O–H groups in total. The van der Waals surface area contributed by atoms with Gasteiger partial charge in [-0.05, 0) is 34.0 Å². The first-order valence-corrected chi connectivity index (χ1v) is 7.69. The number of thiophene rings is 1. The Morgan fingerprint density at radius 2 is 2.00 bits per heavy atom. The molecule has 0 spiro atoms. The van der Waals surface area contributed by atoms with E-state index in [-0.39, 0.29) is 12.2 Å². The number of benzene rings is 1. The molecule has 0 bridgehead atoms. The van der Waals surface area contributed by atoms with Gasteiger partial charge in [-0.2, -0.15) is 25.7 Å². The first kappa shape index (κ1) is 13.6. The van der Waals surface area contributed by atoms with Crippen molar-refractivity contribution in [1.82, 2.24) is 29.9 Å². The van der Waals surface area contributed by atoms with Crippen molar-refractivity contribution in [2.24, 2.45) is 0 Å². The lowest BCUT2D eigenvalue weighted by Crippen LogP contribution is -2.25. The molecule has 0 saturated heterocycles. The van der Waals surface area contributed by atoms with Crippen molar-refractivity contribution in [2.45, 2.75) is 6.54 Å². The van der Waals surface area contributed by atoms with Crippen LogP contribution in [0.15, 0.2) is 56.5 Å². The van der Waals surface area contributed by atoms with Crippen LogP contribution in [0.3, 0.4) is 0 Å². The van der Waals surface area contributed by atoms with Crippen LogP contribution in [0.25, 0.3) is 17.1 Å². The van der Waals surface area contributed by atoms with Crippen molar-refractivity contribution < 1.29 is 4.52 Å².